The van der Waals surface area contributed by atoms with Crippen molar-refractivity contribution in [3.8, 4) is 33.9 Å². The van der Waals surface area contributed by atoms with Crippen molar-refractivity contribution in [2.75, 3.05) is 0 Å². The van der Waals surface area contributed by atoms with Gasteiger partial charge in [-0.2, -0.15) is 0 Å². The Morgan fingerprint density at radius 2 is 0.968 bits per heavy atom. The Morgan fingerprint density at radius 3 is 1.55 bits per heavy atom. The second-order valence-corrected chi connectivity index (χ2v) is 7.34. The van der Waals surface area contributed by atoms with E-state index in [9.17, 15) is 0 Å². The molecule has 31 heavy (non-hydrogen) atoms. The van der Waals surface area contributed by atoms with E-state index in [2.05, 4.69) is 77.8 Å². The Kier molecular flexibility index (Phi) is 5.27. The van der Waals surface area contributed by atoms with Crippen LogP contribution in [0.4, 0.5) is 0 Å². The zero-order valence-corrected chi connectivity index (χ0v) is 17.0. The highest BCUT2D eigenvalue weighted by atomic mass is 16.4. The van der Waals surface area contributed by atoms with Gasteiger partial charge in [-0.1, -0.05) is 109 Å². The highest BCUT2D eigenvalue weighted by Crippen LogP contribution is 2.26. The molecule has 1 heterocycles. The fourth-order valence-corrected chi connectivity index (χ4v) is 3.49. The van der Waals surface area contributed by atoms with Crippen LogP contribution in [0.3, 0.4) is 0 Å². The van der Waals surface area contributed by atoms with Crippen LogP contribution in [-0.4, -0.2) is 4.98 Å². The molecule has 0 aliphatic carbocycles. The summed E-state index contributed by atoms with van der Waals surface area (Å²) in [5.41, 5.74) is 6.75. The van der Waals surface area contributed by atoms with E-state index in [-0.39, 0.29) is 0 Å². The highest BCUT2D eigenvalue weighted by molar-refractivity contribution is 5.73. The first kappa shape index (κ1) is 18.8. The lowest BCUT2D eigenvalue weighted by Gasteiger charge is -2.02. The van der Waals surface area contributed by atoms with Crippen molar-refractivity contribution in [3.63, 3.8) is 0 Å². The average Bonchev–Trinajstić information content (AvgIpc) is 3.35. The molecule has 0 N–H and O–H groups in total. The number of oxazole rings is 1. The molecule has 0 aliphatic heterocycles. The summed E-state index contributed by atoms with van der Waals surface area (Å²) in [6, 6.07) is 37.3. The lowest BCUT2D eigenvalue weighted by Crippen LogP contribution is -1.79. The monoisotopic (exact) mass is 399 g/mol. The van der Waals surface area contributed by atoms with Gasteiger partial charge < -0.3 is 4.42 Å². The minimum atomic E-state index is 0.630. The Morgan fingerprint density at radius 1 is 0.484 bits per heavy atom. The van der Waals surface area contributed by atoms with Crippen molar-refractivity contribution in [1.82, 2.24) is 4.98 Å². The number of aromatic nitrogens is 1. The Labute approximate surface area is 182 Å². The quantitative estimate of drug-likeness (QED) is 0.281. The number of nitrogens with zero attached hydrogens (tertiary/aromatic N) is 1. The van der Waals surface area contributed by atoms with Crippen LogP contribution in [0.2, 0.25) is 0 Å². The fourth-order valence-electron chi connectivity index (χ4n) is 3.49. The van der Waals surface area contributed by atoms with Gasteiger partial charge in [-0.05, 0) is 34.4 Å². The van der Waals surface area contributed by atoms with Crippen molar-refractivity contribution < 1.29 is 4.42 Å². The molecule has 148 valence electrons. The van der Waals surface area contributed by atoms with E-state index in [1.807, 2.05) is 48.5 Å². The van der Waals surface area contributed by atoms with Crippen molar-refractivity contribution in [3.05, 3.63) is 127 Å². The summed E-state index contributed by atoms with van der Waals surface area (Å²) in [6.45, 7) is 0. The number of rotatable bonds is 5. The van der Waals surface area contributed by atoms with E-state index in [0.717, 1.165) is 22.5 Å². The van der Waals surface area contributed by atoms with Gasteiger partial charge in [0.05, 0.1) is 6.20 Å². The van der Waals surface area contributed by atoms with E-state index in [1.54, 1.807) is 6.20 Å². The molecule has 0 atom stereocenters. The average molecular weight is 399 g/mol. The van der Waals surface area contributed by atoms with Crippen LogP contribution in [0.5, 0.6) is 0 Å². The fraction of sp³-hybridized carbons (Fsp3) is 0. The third-order valence-electron chi connectivity index (χ3n) is 5.21. The van der Waals surface area contributed by atoms with E-state index in [4.69, 9.17) is 4.42 Å². The van der Waals surface area contributed by atoms with Crippen molar-refractivity contribution in [2.24, 2.45) is 0 Å². The number of hydrogen-bond acceptors (Lipinski definition) is 2. The Hall–Kier alpha value is -4.17. The molecular weight excluding hydrogens is 378 g/mol. The molecule has 5 aromatic rings. The molecule has 1 aromatic heterocycles. The van der Waals surface area contributed by atoms with E-state index >= 15 is 0 Å². The predicted octanol–water partition coefficient (Wildman–Crippen LogP) is 7.85. The van der Waals surface area contributed by atoms with Gasteiger partial charge in [0.15, 0.2) is 5.76 Å². The van der Waals surface area contributed by atoms with Crippen LogP contribution in [0, 0.1) is 0 Å². The van der Waals surface area contributed by atoms with E-state index in [0.29, 0.717) is 5.89 Å². The first-order valence-electron chi connectivity index (χ1n) is 10.3. The topological polar surface area (TPSA) is 26.0 Å². The van der Waals surface area contributed by atoms with E-state index < -0.39 is 0 Å². The maximum absolute atomic E-state index is 5.94. The molecule has 0 radical (unpaired) electrons. The third-order valence-corrected chi connectivity index (χ3v) is 5.21. The van der Waals surface area contributed by atoms with Crippen LogP contribution < -0.4 is 0 Å². The summed E-state index contributed by atoms with van der Waals surface area (Å²) < 4.78 is 5.94. The van der Waals surface area contributed by atoms with Gasteiger partial charge in [0, 0.05) is 11.1 Å². The minimum absolute atomic E-state index is 0.630. The smallest absolute Gasteiger partial charge is 0.226 e. The third kappa shape index (κ3) is 4.39. The standard InChI is InChI=1S/C29H21NO/c1-3-7-24(8-4-1)25-17-13-22(14-18-25)11-12-23-15-19-27(20-16-23)29-30-21-28(31-29)26-9-5-2-6-10-26/h1-21H. The van der Waals surface area contributed by atoms with Crippen molar-refractivity contribution in [2.45, 2.75) is 0 Å². The van der Waals surface area contributed by atoms with Gasteiger partial charge in [-0.15, -0.1) is 0 Å². The molecule has 2 heteroatoms. The molecule has 0 fully saturated rings. The SMILES string of the molecule is C(=Cc1ccc(-c2ncc(-c3ccccc3)o2)cc1)c1ccc(-c2ccccc2)cc1. The molecule has 0 aliphatic rings. The normalized spacial score (nSPS) is 11.1. The molecule has 0 saturated heterocycles. The maximum atomic E-state index is 5.94. The Bertz CT molecular complexity index is 1280. The van der Waals surface area contributed by atoms with Crippen molar-refractivity contribution in [1.29, 1.82) is 0 Å². The number of hydrogen-bond donors (Lipinski definition) is 0. The molecule has 0 bridgehead atoms. The molecule has 0 saturated carbocycles. The first-order valence-corrected chi connectivity index (χ1v) is 10.3. The molecule has 0 unspecified atom stereocenters. The summed E-state index contributed by atoms with van der Waals surface area (Å²) in [4.78, 5) is 4.43. The summed E-state index contributed by atoms with van der Waals surface area (Å²) >= 11 is 0. The van der Waals surface area contributed by atoms with E-state index in [1.165, 1.54) is 16.7 Å². The van der Waals surface area contributed by atoms with Gasteiger partial charge in [-0.25, -0.2) is 4.98 Å². The van der Waals surface area contributed by atoms with Crippen LogP contribution in [0.25, 0.3) is 46.1 Å². The van der Waals surface area contributed by atoms with Gasteiger partial charge in [-0.3, -0.25) is 0 Å². The van der Waals surface area contributed by atoms with Crippen LogP contribution >= 0.6 is 0 Å². The zero-order chi connectivity index (χ0) is 20.9. The largest absolute Gasteiger partial charge is 0.436 e. The van der Waals surface area contributed by atoms with Crippen LogP contribution in [0.15, 0.2) is 120 Å². The lowest BCUT2D eigenvalue weighted by molar-refractivity contribution is 0.589. The van der Waals surface area contributed by atoms with Crippen molar-refractivity contribution >= 4 is 12.2 Å². The first-order chi connectivity index (χ1) is 15.3. The highest BCUT2D eigenvalue weighted by Gasteiger charge is 2.08. The summed E-state index contributed by atoms with van der Waals surface area (Å²) in [5, 5.41) is 0. The van der Waals surface area contributed by atoms with Gasteiger partial charge in [0.1, 0.15) is 0 Å². The Balaban J connectivity index is 1.28. The molecular formula is C29H21NO. The summed E-state index contributed by atoms with van der Waals surface area (Å²) in [7, 11) is 0. The van der Waals surface area contributed by atoms with Crippen LogP contribution in [-0.2, 0) is 0 Å². The summed E-state index contributed by atoms with van der Waals surface area (Å²) in [6.07, 6.45) is 6.02. The zero-order valence-electron chi connectivity index (χ0n) is 17.0. The molecule has 2 nitrogen and oxygen atoms in total. The maximum Gasteiger partial charge on any atom is 0.226 e. The number of benzene rings is 4. The second-order valence-electron chi connectivity index (χ2n) is 7.34. The lowest BCUT2D eigenvalue weighted by atomic mass is 10.0. The van der Waals surface area contributed by atoms with Gasteiger partial charge in [0.2, 0.25) is 5.89 Å². The molecule has 0 spiro atoms. The van der Waals surface area contributed by atoms with Gasteiger partial charge >= 0.3 is 0 Å². The second kappa shape index (κ2) is 8.68. The molecule has 4 aromatic carbocycles. The predicted molar refractivity (Wildman–Crippen MR) is 128 cm³/mol. The van der Waals surface area contributed by atoms with Gasteiger partial charge in [0.25, 0.3) is 0 Å². The summed E-state index contributed by atoms with van der Waals surface area (Å²) in [5.74, 6) is 1.41. The molecule has 0 amide bonds. The van der Waals surface area contributed by atoms with Crippen LogP contribution in [0.1, 0.15) is 11.1 Å². The minimum Gasteiger partial charge on any atom is -0.436 e. The molecule has 5 rings (SSSR count).